The minimum absolute atomic E-state index is 0.0542. The molecule has 0 heterocycles. The number of aliphatic hydroxyl groups is 1. The molecule has 0 radical (unpaired) electrons. The molecular formula is C23H30O4. The summed E-state index contributed by atoms with van der Waals surface area (Å²) in [5, 5.41) is 20.9. The zero-order chi connectivity index (χ0) is 19.2. The summed E-state index contributed by atoms with van der Waals surface area (Å²) in [7, 11) is 0. The van der Waals surface area contributed by atoms with E-state index in [4.69, 9.17) is 0 Å². The van der Waals surface area contributed by atoms with E-state index in [1.807, 2.05) is 6.08 Å². The SMILES string of the molecule is C[C@]12CCC(=O)C=C1C=CC1C2CC[C@@]2(C)C1C1C[C@H]1[C@@]2(O)CCC(=O)O. The van der Waals surface area contributed by atoms with E-state index in [0.717, 1.165) is 25.7 Å². The highest BCUT2D eigenvalue weighted by Crippen LogP contribution is 2.76. The van der Waals surface area contributed by atoms with Crippen LogP contribution in [-0.2, 0) is 9.59 Å². The first-order valence-electron chi connectivity index (χ1n) is 10.6. The predicted octanol–water partition coefficient (Wildman–Crippen LogP) is 3.75. The van der Waals surface area contributed by atoms with Crippen LogP contribution in [0.25, 0.3) is 0 Å². The minimum atomic E-state index is -0.834. The van der Waals surface area contributed by atoms with Crippen LogP contribution in [0.3, 0.4) is 0 Å². The maximum atomic E-state index is 11.9. The van der Waals surface area contributed by atoms with Crippen molar-refractivity contribution in [3.05, 3.63) is 23.8 Å². The molecule has 5 aliphatic rings. The molecule has 0 saturated heterocycles. The Morgan fingerprint density at radius 2 is 2.04 bits per heavy atom. The van der Waals surface area contributed by atoms with E-state index in [0.29, 0.717) is 36.5 Å². The summed E-state index contributed by atoms with van der Waals surface area (Å²) in [6, 6.07) is 0. The Labute approximate surface area is 160 Å². The molecule has 4 heteroatoms. The second kappa shape index (κ2) is 5.34. The molecule has 0 bridgehead atoms. The van der Waals surface area contributed by atoms with Gasteiger partial charge in [0.1, 0.15) is 0 Å². The smallest absolute Gasteiger partial charge is 0.303 e. The van der Waals surface area contributed by atoms with Crippen LogP contribution in [0.1, 0.15) is 58.8 Å². The van der Waals surface area contributed by atoms with Crippen LogP contribution in [0, 0.1) is 40.4 Å². The van der Waals surface area contributed by atoms with Gasteiger partial charge in [-0.25, -0.2) is 0 Å². The lowest BCUT2D eigenvalue weighted by Gasteiger charge is -2.58. The molecule has 4 nitrogen and oxygen atoms in total. The number of carbonyl (C=O) groups is 2. The fraction of sp³-hybridized carbons (Fsp3) is 0.739. The molecule has 0 aromatic rings. The van der Waals surface area contributed by atoms with E-state index in [-0.39, 0.29) is 29.0 Å². The topological polar surface area (TPSA) is 74.6 Å². The Hall–Kier alpha value is -1.42. The number of ketones is 1. The van der Waals surface area contributed by atoms with Gasteiger partial charge in [0.05, 0.1) is 5.60 Å². The van der Waals surface area contributed by atoms with Crippen LogP contribution in [-0.4, -0.2) is 27.6 Å². The molecule has 3 saturated carbocycles. The van der Waals surface area contributed by atoms with Gasteiger partial charge in [-0.15, -0.1) is 0 Å². The van der Waals surface area contributed by atoms with Crippen LogP contribution in [0.4, 0.5) is 0 Å². The zero-order valence-corrected chi connectivity index (χ0v) is 16.3. The van der Waals surface area contributed by atoms with E-state index in [9.17, 15) is 19.8 Å². The highest BCUT2D eigenvalue weighted by atomic mass is 16.4. The number of fused-ring (bicyclic) bond motifs is 7. The van der Waals surface area contributed by atoms with E-state index in [1.165, 1.54) is 5.57 Å². The Morgan fingerprint density at radius 1 is 1.26 bits per heavy atom. The van der Waals surface area contributed by atoms with Crippen LogP contribution in [0.5, 0.6) is 0 Å². The standard InChI is InChI=1S/C23H30O4/c1-21-8-5-14(24)11-13(21)3-4-15-17(21)6-9-22(2)20(15)16-12-18(16)23(22,27)10-7-19(25)26/h3-4,11,15-18,20,27H,5-10,12H2,1-2H3,(H,25,26)/t15?,16?,17?,18-,20?,21+,22+,23+/m1/s1. The van der Waals surface area contributed by atoms with Crippen molar-refractivity contribution in [3.63, 3.8) is 0 Å². The Balaban J connectivity index is 1.52. The van der Waals surface area contributed by atoms with Gasteiger partial charge in [-0.2, -0.15) is 0 Å². The summed E-state index contributed by atoms with van der Waals surface area (Å²) in [4.78, 5) is 23.1. The van der Waals surface area contributed by atoms with Crippen molar-refractivity contribution in [2.75, 3.05) is 0 Å². The van der Waals surface area contributed by atoms with Crippen LogP contribution in [0.2, 0.25) is 0 Å². The second-order valence-electron chi connectivity index (χ2n) is 10.3. The first-order valence-corrected chi connectivity index (χ1v) is 10.6. The Morgan fingerprint density at radius 3 is 2.78 bits per heavy atom. The van der Waals surface area contributed by atoms with Gasteiger partial charge in [0.25, 0.3) is 0 Å². The maximum absolute atomic E-state index is 11.9. The van der Waals surface area contributed by atoms with Gasteiger partial charge in [0.15, 0.2) is 5.78 Å². The van der Waals surface area contributed by atoms with Crippen molar-refractivity contribution >= 4 is 11.8 Å². The molecule has 4 unspecified atom stereocenters. The van der Waals surface area contributed by atoms with Crippen molar-refractivity contribution < 1.29 is 19.8 Å². The van der Waals surface area contributed by atoms with Crippen LogP contribution < -0.4 is 0 Å². The fourth-order valence-electron chi connectivity index (χ4n) is 7.89. The van der Waals surface area contributed by atoms with Crippen LogP contribution >= 0.6 is 0 Å². The Bertz CT molecular complexity index is 781. The highest BCUT2D eigenvalue weighted by molar-refractivity contribution is 5.92. The first kappa shape index (κ1) is 17.7. The van der Waals surface area contributed by atoms with Gasteiger partial charge in [0.2, 0.25) is 0 Å². The zero-order valence-electron chi connectivity index (χ0n) is 16.3. The molecule has 8 atom stereocenters. The highest BCUT2D eigenvalue weighted by Gasteiger charge is 2.75. The van der Waals surface area contributed by atoms with Crippen LogP contribution in [0.15, 0.2) is 23.8 Å². The minimum Gasteiger partial charge on any atom is -0.481 e. The van der Waals surface area contributed by atoms with E-state index >= 15 is 0 Å². The summed E-state index contributed by atoms with van der Waals surface area (Å²) in [6.45, 7) is 4.57. The van der Waals surface area contributed by atoms with E-state index in [2.05, 4.69) is 26.0 Å². The van der Waals surface area contributed by atoms with Crippen molar-refractivity contribution in [1.82, 2.24) is 0 Å². The average molecular weight is 370 g/mol. The van der Waals surface area contributed by atoms with Gasteiger partial charge in [-0.3, -0.25) is 9.59 Å². The molecule has 0 amide bonds. The summed E-state index contributed by atoms with van der Waals surface area (Å²) < 4.78 is 0. The normalized spacial score (nSPS) is 52.3. The van der Waals surface area contributed by atoms with E-state index in [1.54, 1.807) is 0 Å². The van der Waals surface area contributed by atoms with Crippen molar-refractivity contribution in [2.45, 2.75) is 64.4 Å². The molecule has 0 aliphatic heterocycles. The summed E-state index contributed by atoms with van der Waals surface area (Å²) >= 11 is 0. The molecule has 0 aromatic heterocycles. The summed E-state index contributed by atoms with van der Waals surface area (Å²) in [5.41, 5.74) is 0.249. The lowest BCUT2D eigenvalue weighted by atomic mass is 9.47. The number of allylic oxidation sites excluding steroid dienone is 4. The molecule has 3 fully saturated rings. The third kappa shape index (κ3) is 2.14. The summed E-state index contributed by atoms with van der Waals surface area (Å²) in [6.07, 6.45) is 11.5. The number of rotatable bonds is 3. The average Bonchev–Trinajstić information content (AvgIpc) is 3.37. The Kier molecular flexibility index (Phi) is 3.49. The van der Waals surface area contributed by atoms with Crippen molar-refractivity contribution in [3.8, 4) is 0 Å². The number of aliphatic carboxylic acids is 1. The molecule has 146 valence electrons. The van der Waals surface area contributed by atoms with Crippen molar-refractivity contribution in [2.24, 2.45) is 40.4 Å². The number of carbonyl (C=O) groups excluding carboxylic acids is 1. The molecule has 2 N–H and O–H groups in total. The van der Waals surface area contributed by atoms with Gasteiger partial charge in [0, 0.05) is 18.3 Å². The molecule has 5 aliphatic carbocycles. The predicted molar refractivity (Wildman–Crippen MR) is 101 cm³/mol. The number of hydrogen-bond donors (Lipinski definition) is 2. The van der Waals surface area contributed by atoms with Gasteiger partial charge >= 0.3 is 5.97 Å². The monoisotopic (exact) mass is 370 g/mol. The lowest BCUT2D eigenvalue weighted by Crippen LogP contribution is -2.56. The first-order chi connectivity index (χ1) is 12.7. The maximum Gasteiger partial charge on any atom is 0.303 e. The third-order valence-electron chi connectivity index (χ3n) is 9.40. The quantitative estimate of drug-likeness (QED) is 0.793. The molecule has 27 heavy (non-hydrogen) atoms. The number of carboxylic acids is 1. The number of hydrogen-bond acceptors (Lipinski definition) is 3. The molecule has 0 spiro atoms. The van der Waals surface area contributed by atoms with Gasteiger partial charge < -0.3 is 10.2 Å². The fourth-order valence-corrected chi connectivity index (χ4v) is 7.89. The van der Waals surface area contributed by atoms with Gasteiger partial charge in [-0.05, 0) is 78.8 Å². The van der Waals surface area contributed by atoms with Gasteiger partial charge in [-0.1, -0.05) is 26.0 Å². The second-order valence-corrected chi connectivity index (χ2v) is 10.3. The van der Waals surface area contributed by atoms with Crippen molar-refractivity contribution in [1.29, 1.82) is 0 Å². The summed E-state index contributed by atoms with van der Waals surface area (Å²) in [5.74, 6) is 1.65. The lowest BCUT2D eigenvalue weighted by molar-refractivity contribution is -0.151. The molecule has 0 aromatic carbocycles. The number of carboxylic acid groups (broad SMARTS) is 1. The molecular weight excluding hydrogens is 340 g/mol. The molecule has 5 rings (SSSR count). The van der Waals surface area contributed by atoms with E-state index < -0.39 is 11.6 Å². The largest absolute Gasteiger partial charge is 0.481 e. The third-order valence-corrected chi connectivity index (χ3v) is 9.40.